The van der Waals surface area contributed by atoms with Crippen LogP contribution in [0, 0.1) is 24.7 Å². The van der Waals surface area contributed by atoms with Crippen molar-refractivity contribution in [3.63, 3.8) is 0 Å². The SMILES string of the molecule is CC1=CC[C@@H](/C(C)=C/c2csc(C)n2)OC(=O)C[C@H](O)[C@@H](C)C(=O)[C@H](C)[C@@H](O)[C@@H](C)CC=C1. The fourth-order valence-electron chi connectivity index (χ4n) is 3.89. The summed E-state index contributed by atoms with van der Waals surface area (Å²) in [7, 11) is 0. The molecule has 182 valence electrons. The number of aliphatic hydroxyl groups is 2. The first kappa shape index (κ1) is 27.2. The Morgan fingerprint density at radius 1 is 1.15 bits per heavy atom. The predicted octanol–water partition coefficient (Wildman–Crippen LogP) is 4.65. The van der Waals surface area contributed by atoms with Crippen molar-refractivity contribution in [2.45, 2.75) is 79.1 Å². The zero-order valence-electron chi connectivity index (χ0n) is 20.4. The number of Topliss-reactive ketones (excluding diaryl/α,β-unsaturated/α-hetero) is 1. The molecule has 0 saturated heterocycles. The van der Waals surface area contributed by atoms with E-state index < -0.39 is 36.1 Å². The summed E-state index contributed by atoms with van der Waals surface area (Å²) in [5.74, 6) is -2.36. The molecule has 33 heavy (non-hydrogen) atoms. The van der Waals surface area contributed by atoms with E-state index in [1.165, 1.54) is 0 Å². The minimum absolute atomic E-state index is 0.116. The second-order valence-electron chi connectivity index (χ2n) is 9.20. The highest BCUT2D eigenvalue weighted by Crippen LogP contribution is 2.24. The van der Waals surface area contributed by atoms with E-state index in [4.69, 9.17) is 4.74 Å². The number of hydrogen-bond acceptors (Lipinski definition) is 7. The van der Waals surface area contributed by atoms with Gasteiger partial charge in [-0.05, 0) is 44.8 Å². The molecule has 1 aromatic rings. The van der Waals surface area contributed by atoms with Gasteiger partial charge in [0, 0.05) is 23.6 Å². The molecule has 0 aliphatic carbocycles. The van der Waals surface area contributed by atoms with Crippen molar-refractivity contribution < 1.29 is 24.5 Å². The number of nitrogens with zero attached hydrogens (tertiary/aromatic N) is 1. The predicted molar refractivity (Wildman–Crippen MR) is 132 cm³/mol. The van der Waals surface area contributed by atoms with Crippen LogP contribution in [0.3, 0.4) is 0 Å². The van der Waals surface area contributed by atoms with E-state index in [1.54, 1.807) is 25.2 Å². The topological polar surface area (TPSA) is 96.7 Å². The van der Waals surface area contributed by atoms with Crippen LogP contribution in [0.25, 0.3) is 6.08 Å². The molecule has 2 rings (SSSR count). The number of ether oxygens (including phenoxy) is 1. The van der Waals surface area contributed by atoms with Gasteiger partial charge >= 0.3 is 5.97 Å². The molecule has 0 amide bonds. The van der Waals surface area contributed by atoms with Crippen LogP contribution in [0.5, 0.6) is 0 Å². The van der Waals surface area contributed by atoms with Gasteiger partial charge in [0.15, 0.2) is 0 Å². The zero-order chi connectivity index (χ0) is 24.7. The van der Waals surface area contributed by atoms with E-state index >= 15 is 0 Å². The largest absolute Gasteiger partial charge is 0.457 e. The molecule has 1 aliphatic heterocycles. The van der Waals surface area contributed by atoms with Crippen LogP contribution in [-0.4, -0.2) is 45.3 Å². The number of aromatic nitrogens is 1. The molecule has 2 heterocycles. The van der Waals surface area contributed by atoms with Crippen molar-refractivity contribution in [2.75, 3.05) is 0 Å². The van der Waals surface area contributed by atoms with Gasteiger partial charge in [-0.1, -0.05) is 44.6 Å². The van der Waals surface area contributed by atoms with Gasteiger partial charge in [0.1, 0.15) is 11.9 Å². The molecule has 1 aliphatic rings. The smallest absolute Gasteiger partial charge is 0.309 e. The lowest BCUT2D eigenvalue weighted by Crippen LogP contribution is -2.38. The van der Waals surface area contributed by atoms with Crippen molar-refractivity contribution in [1.82, 2.24) is 4.98 Å². The van der Waals surface area contributed by atoms with Crippen molar-refractivity contribution in [1.29, 1.82) is 0 Å². The summed E-state index contributed by atoms with van der Waals surface area (Å²) in [6, 6.07) is 0. The number of hydrogen-bond donors (Lipinski definition) is 2. The van der Waals surface area contributed by atoms with Gasteiger partial charge in [-0.25, -0.2) is 4.98 Å². The lowest BCUT2D eigenvalue weighted by molar-refractivity contribution is -0.151. The Balaban J connectivity index is 2.32. The van der Waals surface area contributed by atoms with Crippen LogP contribution >= 0.6 is 11.3 Å². The first-order chi connectivity index (χ1) is 15.5. The summed E-state index contributed by atoms with van der Waals surface area (Å²) in [6.07, 6.45) is 6.20. The van der Waals surface area contributed by atoms with Gasteiger partial charge in [0.2, 0.25) is 0 Å². The van der Waals surface area contributed by atoms with E-state index in [0.29, 0.717) is 12.8 Å². The molecule has 0 fully saturated rings. The van der Waals surface area contributed by atoms with E-state index in [-0.39, 0.29) is 18.1 Å². The summed E-state index contributed by atoms with van der Waals surface area (Å²) in [4.78, 5) is 29.9. The third-order valence-electron chi connectivity index (χ3n) is 6.28. The minimum Gasteiger partial charge on any atom is -0.457 e. The van der Waals surface area contributed by atoms with Gasteiger partial charge < -0.3 is 14.9 Å². The molecule has 0 unspecified atom stereocenters. The lowest BCUT2D eigenvalue weighted by Gasteiger charge is -2.27. The van der Waals surface area contributed by atoms with Crippen LogP contribution in [-0.2, 0) is 14.3 Å². The van der Waals surface area contributed by atoms with Gasteiger partial charge in [0.05, 0.1) is 29.3 Å². The standard InChI is InChI=1S/C26H37NO5S/c1-15-8-7-9-16(2)25(30)19(5)26(31)18(4)22(28)13-24(29)32-23(11-10-15)17(3)12-21-14-33-20(6)27-21/h7-8,10,12,14,16,18-19,22-23,25,28,30H,9,11,13H2,1-6H3/b8-7?,15-10?,17-12+/t16-,18+,19+,22-,23-,25-/m0/s1. The lowest BCUT2D eigenvalue weighted by atomic mass is 9.82. The molecule has 0 bridgehead atoms. The molecule has 2 N–H and O–H groups in total. The minimum atomic E-state index is -1.17. The van der Waals surface area contributed by atoms with Gasteiger partial charge in [-0.3, -0.25) is 9.59 Å². The van der Waals surface area contributed by atoms with Crippen molar-refractivity contribution >= 4 is 29.2 Å². The number of aryl methyl sites for hydroxylation is 1. The van der Waals surface area contributed by atoms with E-state index in [2.05, 4.69) is 4.98 Å². The number of ketones is 1. The number of cyclic esters (lactones) is 1. The Hall–Kier alpha value is -2.09. The average molecular weight is 476 g/mol. The van der Waals surface area contributed by atoms with E-state index in [0.717, 1.165) is 21.8 Å². The first-order valence-corrected chi connectivity index (χ1v) is 12.4. The Morgan fingerprint density at radius 2 is 1.85 bits per heavy atom. The third kappa shape index (κ3) is 8.02. The quantitative estimate of drug-likeness (QED) is 0.604. The Labute approximate surface area is 201 Å². The maximum Gasteiger partial charge on any atom is 0.309 e. The molecule has 0 aromatic carbocycles. The summed E-state index contributed by atoms with van der Waals surface area (Å²) < 4.78 is 5.74. The number of aliphatic hydroxyl groups excluding tert-OH is 2. The van der Waals surface area contributed by atoms with Crippen LogP contribution < -0.4 is 0 Å². The molecular weight excluding hydrogens is 438 g/mol. The number of esters is 1. The highest BCUT2D eigenvalue weighted by atomic mass is 32.1. The van der Waals surface area contributed by atoms with Crippen LogP contribution in [0.15, 0.2) is 34.8 Å². The summed E-state index contributed by atoms with van der Waals surface area (Å²) in [5.41, 5.74) is 2.69. The average Bonchev–Trinajstić information content (AvgIpc) is 3.17. The molecule has 7 heteroatoms. The van der Waals surface area contributed by atoms with Crippen molar-refractivity contribution in [3.05, 3.63) is 45.5 Å². The van der Waals surface area contributed by atoms with E-state index in [1.807, 2.05) is 57.4 Å². The second-order valence-corrected chi connectivity index (χ2v) is 10.3. The highest BCUT2D eigenvalue weighted by molar-refractivity contribution is 7.09. The van der Waals surface area contributed by atoms with Crippen LogP contribution in [0.1, 0.15) is 64.6 Å². The first-order valence-electron chi connectivity index (χ1n) is 11.5. The second kappa shape index (κ2) is 12.4. The monoisotopic (exact) mass is 475 g/mol. The normalized spacial score (nSPS) is 31.3. The van der Waals surface area contributed by atoms with Gasteiger partial charge in [0.25, 0.3) is 0 Å². The number of carbonyl (C=O) groups is 2. The fraction of sp³-hybridized carbons (Fsp3) is 0.577. The van der Waals surface area contributed by atoms with Crippen LogP contribution in [0.4, 0.5) is 0 Å². The molecular formula is C26H37NO5S. The number of thiazole rings is 1. The number of rotatable bonds is 2. The number of allylic oxidation sites excluding steroid dienone is 3. The van der Waals surface area contributed by atoms with Crippen LogP contribution in [0.2, 0.25) is 0 Å². The molecule has 0 saturated carbocycles. The highest BCUT2D eigenvalue weighted by Gasteiger charge is 2.33. The van der Waals surface area contributed by atoms with Crippen molar-refractivity contribution in [2.24, 2.45) is 17.8 Å². The molecule has 1 aromatic heterocycles. The molecule has 6 atom stereocenters. The maximum absolute atomic E-state index is 12.8. The zero-order valence-corrected chi connectivity index (χ0v) is 21.3. The molecule has 0 radical (unpaired) electrons. The Kier molecular flexibility index (Phi) is 10.2. The van der Waals surface area contributed by atoms with Crippen molar-refractivity contribution in [3.8, 4) is 0 Å². The maximum atomic E-state index is 12.8. The summed E-state index contributed by atoms with van der Waals surface area (Å²) in [6.45, 7) is 11.0. The summed E-state index contributed by atoms with van der Waals surface area (Å²) in [5, 5.41) is 24.1. The Bertz CT molecular complexity index is 916. The third-order valence-corrected chi connectivity index (χ3v) is 7.07. The van der Waals surface area contributed by atoms with E-state index in [9.17, 15) is 19.8 Å². The fourth-order valence-corrected chi connectivity index (χ4v) is 4.46. The summed E-state index contributed by atoms with van der Waals surface area (Å²) >= 11 is 1.55. The number of carbonyl (C=O) groups excluding carboxylic acids is 2. The molecule has 6 nitrogen and oxygen atoms in total. The van der Waals surface area contributed by atoms with Gasteiger partial charge in [-0.15, -0.1) is 11.3 Å². The molecule has 0 spiro atoms. The van der Waals surface area contributed by atoms with Gasteiger partial charge in [-0.2, -0.15) is 0 Å². The Morgan fingerprint density at radius 3 is 2.48 bits per heavy atom.